The average molecular weight is 584 g/mol. The highest BCUT2D eigenvalue weighted by Crippen LogP contribution is 2.37. The molecular weight excluding hydrogens is 557 g/mol. The number of halogens is 1. The van der Waals surface area contributed by atoms with E-state index in [-0.39, 0.29) is 28.8 Å². The van der Waals surface area contributed by atoms with E-state index in [1.54, 1.807) is 87.7 Å². The first-order chi connectivity index (χ1) is 20.3. The zero-order valence-corrected chi connectivity index (χ0v) is 23.9. The molecule has 0 bridgehead atoms. The number of esters is 1. The second kappa shape index (κ2) is 10.9. The lowest BCUT2D eigenvalue weighted by Gasteiger charge is -2.24. The Hall–Kier alpha value is -4.83. The molecule has 2 aliphatic heterocycles. The summed E-state index contributed by atoms with van der Waals surface area (Å²) in [6, 6.07) is 19.7. The van der Waals surface area contributed by atoms with Gasteiger partial charge in [0.05, 0.1) is 48.8 Å². The molecule has 42 heavy (non-hydrogen) atoms. The van der Waals surface area contributed by atoms with Crippen LogP contribution in [0.3, 0.4) is 0 Å². The summed E-state index contributed by atoms with van der Waals surface area (Å²) < 4.78 is 26.9. The van der Waals surface area contributed by atoms with Gasteiger partial charge in [0.25, 0.3) is 11.5 Å². The number of para-hydroxylation sites is 1. The van der Waals surface area contributed by atoms with Crippen LogP contribution in [0.5, 0.6) is 5.75 Å². The summed E-state index contributed by atoms with van der Waals surface area (Å²) in [6.45, 7) is 3.58. The van der Waals surface area contributed by atoms with Crippen molar-refractivity contribution in [2.45, 2.75) is 26.4 Å². The van der Waals surface area contributed by atoms with Crippen molar-refractivity contribution in [1.82, 2.24) is 4.57 Å². The van der Waals surface area contributed by atoms with E-state index < -0.39 is 29.3 Å². The number of ether oxygens (including phenoxy) is 2. The van der Waals surface area contributed by atoms with Gasteiger partial charge in [0.15, 0.2) is 4.80 Å². The molecule has 8 nitrogen and oxygen atoms in total. The zero-order chi connectivity index (χ0) is 29.5. The summed E-state index contributed by atoms with van der Waals surface area (Å²) in [4.78, 5) is 47.9. The molecule has 1 amide bonds. The second-order valence-electron chi connectivity index (χ2n) is 9.77. The SMILES string of the molecule is CCOC(=O)C1=C(C)N=c2sc(=C3C(=O)N(Cc4ccccc4F)c4ccccc43)c(=O)n2C1c1ccc(OC)cc1. The van der Waals surface area contributed by atoms with Gasteiger partial charge in [-0.3, -0.25) is 14.2 Å². The van der Waals surface area contributed by atoms with Crippen molar-refractivity contribution in [3.63, 3.8) is 0 Å². The van der Waals surface area contributed by atoms with Crippen molar-refractivity contribution in [2.24, 2.45) is 4.99 Å². The number of methoxy groups -OCH3 is 1. The first-order valence-corrected chi connectivity index (χ1v) is 14.2. The summed E-state index contributed by atoms with van der Waals surface area (Å²) in [5.74, 6) is -0.783. The molecule has 3 aromatic carbocycles. The largest absolute Gasteiger partial charge is 0.497 e. The number of fused-ring (bicyclic) bond motifs is 2. The van der Waals surface area contributed by atoms with Crippen molar-refractivity contribution >= 4 is 34.5 Å². The Bertz CT molecular complexity index is 1960. The number of allylic oxidation sites excluding steroid dienone is 1. The van der Waals surface area contributed by atoms with Crippen LogP contribution in [0.25, 0.3) is 5.57 Å². The highest BCUT2D eigenvalue weighted by atomic mass is 32.1. The number of hydrogen-bond acceptors (Lipinski definition) is 7. The number of thiazole rings is 1. The van der Waals surface area contributed by atoms with Crippen molar-refractivity contribution < 1.29 is 23.5 Å². The standard InChI is InChI=1S/C32H26FN3O5S/c1-4-41-31(39)25-18(2)34-32-36(27(25)19-13-15-21(40-3)16-14-19)30(38)28(42-32)26-22-10-6-8-12-24(22)35(29(26)37)17-20-9-5-7-11-23(20)33/h5-16,27H,4,17H2,1-3H3. The third kappa shape index (κ3) is 4.44. The third-order valence-electron chi connectivity index (χ3n) is 7.36. The molecule has 1 aromatic heterocycles. The summed E-state index contributed by atoms with van der Waals surface area (Å²) in [5, 5.41) is 0. The average Bonchev–Trinajstić information content (AvgIpc) is 3.45. The van der Waals surface area contributed by atoms with Crippen molar-refractivity contribution in [3.05, 3.63) is 126 Å². The summed E-state index contributed by atoms with van der Waals surface area (Å²) in [5.41, 5.74) is 2.60. The predicted molar refractivity (Wildman–Crippen MR) is 156 cm³/mol. The smallest absolute Gasteiger partial charge is 0.338 e. The molecule has 0 radical (unpaired) electrons. The van der Waals surface area contributed by atoms with Crippen LogP contribution in [0.1, 0.15) is 36.6 Å². The number of aromatic nitrogens is 1. The number of anilines is 1. The minimum absolute atomic E-state index is 0.00492. The van der Waals surface area contributed by atoms with Gasteiger partial charge in [0.2, 0.25) is 0 Å². The Labute approximate surface area is 244 Å². The van der Waals surface area contributed by atoms with E-state index >= 15 is 0 Å². The highest BCUT2D eigenvalue weighted by molar-refractivity contribution is 7.07. The van der Waals surface area contributed by atoms with Crippen LogP contribution in [0, 0.1) is 5.82 Å². The zero-order valence-electron chi connectivity index (χ0n) is 23.1. The fraction of sp³-hybridized carbons (Fsp3) is 0.188. The predicted octanol–water partition coefficient (Wildman–Crippen LogP) is 3.86. The van der Waals surface area contributed by atoms with Gasteiger partial charge < -0.3 is 14.4 Å². The minimum atomic E-state index is -0.832. The lowest BCUT2D eigenvalue weighted by atomic mass is 9.96. The van der Waals surface area contributed by atoms with E-state index in [0.717, 1.165) is 11.3 Å². The van der Waals surface area contributed by atoms with Crippen LogP contribution in [-0.2, 0) is 20.9 Å². The summed E-state index contributed by atoms with van der Waals surface area (Å²) in [7, 11) is 1.56. The van der Waals surface area contributed by atoms with E-state index in [4.69, 9.17) is 9.47 Å². The molecule has 0 saturated heterocycles. The van der Waals surface area contributed by atoms with Gasteiger partial charge in [0.1, 0.15) is 16.1 Å². The lowest BCUT2D eigenvalue weighted by Crippen LogP contribution is -2.41. The lowest BCUT2D eigenvalue weighted by molar-refractivity contribution is -0.139. The number of carbonyl (C=O) groups is 2. The number of amides is 1. The topological polar surface area (TPSA) is 90.2 Å². The maximum atomic E-state index is 14.6. The van der Waals surface area contributed by atoms with Gasteiger partial charge in [-0.05, 0) is 43.7 Å². The molecular formula is C32H26FN3O5S. The van der Waals surface area contributed by atoms with Gasteiger partial charge in [0, 0.05) is 11.1 Å². The maximum Gasteiger partial charge on any atom is 0.338 e. The molecule has 0 fully saturated rings. The molecule has 0 N–H and O–H groups in total. The van der Waals surface area contributed by atoms with Gasteiger partial charge in [-0.1, -0.05) is 59.9 Å². The van der Waals surface area contributed by atoms with Crippen LogP contribution in [0.2, 0.25) is 0 Å². The molecule has 0 aliphatic carbocycles. The molecule has 4 aromatic rings. The van der Waals surface area contributed by atoms with Crippen LogP contribution in [0.4, 0.5) is 10.1 Å². The van der Waals surface area contributed by atoms with Crippen molar-refractivity contribution in [3.8, 4) is 5.75 Å². The number of nitrogens with zero attached hydrogens (tertiary/aromatic N) is 3. The number of benzene rings is 3. The molecule has 10 heteroatoms. The number of rotatable bonds is 6. The van der Waals surface area contributed by atoms with Crippen LogP contribution in [-0.4, -0.2) is 30.2 Å². The number of hydrogen-bond donors (Lipinski definition) is 0. The summed E-state index contributed by atoms with van der Waals surface area (Å²) >= 11 is 1.09. The van der Waals surface area contributed by atoms with E-state index in [1.165, 1.54) is 15.5 Å². The molecule has 212 valence electrons. The quantitative estimate of drug-likeness (QED) is 0.322. The molecule has 0 spiro atoms. The Morgan fingerprint density at radius 3 is 2.45 bits per heavy atom. The van der Waals surface area contributed by atoms with Gasteiger partial charge in [-0.2, -0.15) is 0 Å². The highest BCUT2D eigenvalue weighted by Gasteiger charge is 2.37. The first kappa shape index (κ1) is 27.3. The molecule has 0 saturated carbocycles. The molecule has 1 atom stereocenters. The molecule has 1 unspecified atom stereocenters. The summed E-state index contributed by atoms with van der Waals surface area (Å²) in [6.07, 6.45) is 0. The van der Waals surface area contributed by atoms with Crippen LogP contribution in [0.15, 0.2) is 93.9 Å². The molecule has 6 rings (SSSR count). The Kier molecular flexibility index (Phi) is 7.07. The molecule has 2 aliphatic rings. The van der Waals surface area contributed by atoms with Gasteiger partial charge in [-0.25, -0.2) is 14.2 Å². The van der Waals surface area contributed by atoms with Gasteiger partial charge in [-0.15, -0.1) is 0 Å². The minimum Gasteiger partial charge on any atom is -0.497 e. The van der Waals surface area contributed by atoms with E-state index in [9.17, 15) is 18.8 Å². The fourth-order valence-corrected chi connectivity index (χ4v) is 6.53. The number of carbonyl (C=O) groups excluding carboxylic acids is 2. The normalized spacial score (nSPS) is 17.1. The van der Waals surface area contributed by atoms with E-state index in [1.807, 2.05) is 0 Å². The van der Waals surface area contributed by atoms with E-state index in [0.29, 0.717) is 38.6 Å². The maximum absolute atomic E-state index is 14.6. The van der Waals surface area contributed by atoms with Crippen molar-refractivity contribution in [1.29, 1.82) is 0 Å². The van der Waals surface area contributed by atoms with Gasteiger partial charge >= 0.3 is 5.97 Å². The fourth-order valence-electron chi connectivity index (χ4n) is 5.40. The van der Waals surface area contributed by atoms with Crippen LogP contribution < -0.4 is 24.5 Å². The second-order valence-corrected chi connectivity index (χ2v) is 10.7. The van der Waals surface area contributed by atoms with E-state index in [2.05, 4.69) is 4.99 Å². The Balaban J connectivity index is 1.57. The molecule has 3 heterocycles. The van der Waals surface area contributed by atoms with Crippen LogP contribution >= 0.6 is 11.3 Å². The Morgan fingerprint density at radius 2 is 1.74 bits per heavy atom. The Morgan fingerprint density at radius 1 is 1.02 bits per heavy atom. The third-order valence-corrected chi connectivity index (χ3v) is 8.41. The first-order valence-electron chi connectivity index (χ1n) is 13.3. The monoisotopic (exact) mass is 583 g/mol. The van der Waals surface area contributed by atoms with Crippen molar-refractivity contribution in [2.75, 3.05) is 18.6 Å².